The lowest BCUT2D eigenvalue weighted by Crippen LogP contribution is -2.42. The molecular weight excluding hydrogens is 351 g/mol. The molecule has 1 aromatic rings. The first-order valence-electron chi connectivity index (χ1n) is 5.63. The van der Waals surface area contributed by atoms with Crippen LogP contribution < -0.4 is 10.6 Å². The summed E-state index contributed by atoms with van der Waals surface area (Å²) < 4.78 is 0.929. The first-order chi connectivity index (χ1) is 8.16. The highest BCUT2D eigenvalue weighted by molar-refractivity contribution is 14.1. The molecule has 1 amide bonds. The van der Waals surface area contributed by atoms with Crippen molar-refractivity contribution in [3.8, 4) is 0 Å². The predicted octanol–water partition coefficient (Wildman–Crippen LogP) is 2.43. The Balaban J connectivity index is 2.05. The summed E-state index contributed by atoms with van der Waals surface area (Å²) in [7, 11) is 0. The highest BCUT2D eigenvalue weighted by atomic mass is 127. The van der Waals surface area contributed by atoms with Gasteiger partial charge in [0.2, 0.25) is 0 Å². The van der Waals surface area contributed by atoms with E-state index in [0.29, 0.717) is 10.6 Å². The van der Waals surface area contributed by atoms with Crippen LogP contribution in [0.3, 0.4) is 0 Å². The highest BCUT2D eigenvalue weighted by Gasteiger charge is 2.17. The third-order valence-electron chi connectivity index (χ3n) is 2.85. The van der Waals surface area contributed by atoms with Crippen molar-refractivity contribution in [2.45, 2.75) is 18.9 Å². The fraction of sp³-hybridized carbons (Fsp3) is 0.417. The van der Waals surface area contributed by atoms with Crippen LogP contribution in [0, 0.1) is 3.57 Å². The molecule has 1 saturated heterocycles. The van der Waals surface area contributed by atoms with E-state index in [0.717, 1.165) is 29.5 Å². The molecule has 1 aliphatic heterocycles. The van der Waals surface area contributed by atoms with Crippen LogP contribution in [-0.2, 0) is 0 Å². The van der Waals surface area contributed by atoms with E-state index in [4.69, 9.17) is 11.6 Å². The Hall–Kier alpha value is -0.330. The smallest absolute Gasteiger partial charge is 0.252 e. The summed E-state index contributed by atoms with van der Waals surface area (Å²) in [6, 6.07) is 5.66. The van der Waals surface area contributed by atoms with Crippen LogP contribution in [0.25, 0.3) is 0 Å². The van der Waals surface area contributed by atoms with E-state index in [1.165, 1.54) is 0 Å². The molecular formula is C12H14ClIN2O. The first-order valence-corrected chi connectivity index (χ1v) is 7.09. The van der Waals surface area contributed by atoms with Gasteiger partial charge >= 0.3 is 0 Å². The standard InChI is InChI=1S/C12H14ClIN2O/c13-8-1-2-11(14)10(7-8)12(17)16-9-3-5-15-6-4-9/h1-2,7,9,15H,3-6H2,(H,16,17). The van der Waals surface area contributed by atoms with E-state index in [-0.39, 0.29) is 11.9 Å². The van der Waals surface area contributed by atoms with Crippen molar-refractivity contribution in [2.24, 2.45) is 0 Å². The zero-order chi connectivity index (χ0) is 12.3. The van der Waals surface area contributed by atoms with Crippen molar-refractivity contribution in [2.75, 3.05) is 13.1 Å². The van der Waals surface area contributed by atoms with Crippen molar-refractivity contribution in [3.63, 3.8) is 0 Å². The summed E-state index contributed by atoms with van der Waals surface area (Å²) in [6.07, 6.45) is 1.98. The predicted molar refractivity (Wildman–Crippen MR) is 77.5 cm³/mol. The molecule has 0 bridgehead atoms. The normalized spacial score (nSPS) is 16.8. The highest BCUT2D eigenvalue weighted by Crippen LogP contribution is 2.18. The number of rotatable bonds is 2. The maximum atomic E-state index is 12.1. The molecule has 0 spiro atoms. The molecule has 0 aromatic heterocycles. The number of nitrogens with one attached hydrogen (secondary N) is 2. The molecule has 1 aliphatic rings. The van der Waals surface area contributed by atoms with Gasteiger partial charge in [0.1, 0.15) is 0 Å². The maximum absolute atomic E-state index is 12.1. The van der Waals surface area contributed by atoms with Crippen LogP contribution in [0.15, 0.2) is 18.2 Å². The van der Waals surface area contributed by atoms with E-state index >= 15 is 0 Å². The lowest BCUT2D eigenvalue weighted by Gasteiger charge is -2.23. The van der Waals surface area contributed by atoms with Gasteiger partial charge in [0, 0.05) is 14.6 Å². The van der Waals surface area contributed by atoms with Gasteiger partial charge in [0.15, 0.2) is 0 Å². The van der Waals surface area contributed by atoms with E-state index in [1.54, 1.807) is 12.1 Å². The second-order valence-electron chi connectivity index (χ2n) is 4.12. The third kappa shape index (κ3) is 3.56. The van der Waals surface area contributed by atoms with Crippen LogP contribution in [-0.4, -0.2) is 25.0 Å². The van der Waals surface area contributed by atoms with E-state index in [9.17, 15) is 4.79 Å². The average Bonchev–Trinajstić information content (AvgIpc) is 2.33. The van der Waals surface area contributed by atoms with Gasteiger partial charge in [-0.2, -0.15) is 0 Å². The molecule has 0 radical (unpaired) electrons. The Morgan fingerprint density at radius 3 is 2.82 bits per heavy atom. The minimum atomic E-state index is -0.0243. The SMILES string of the molecule is O=C(NC1CCNCC1)c1cc(Cl)ccc1I. The van der Waals surface area contributed by atoms with Crippen molar-refractivity contribution in [1.29, 1.82) is 0 Å². The van der Waals surface area contributed by atoms with Crippen LogP contribution in [0.5, 0.6) is 0 Å². The van der Waals surface area contributed by atoms with Gasteiger partial charge in [0.05, 0.1) is 5.56 Å². The van der Waals surface area contributed by atoms with Crippen molar-refractivity contribution >= 4 is 40.1 Å². The molecule has 17 heavy (non-hydrogen) atoms. The summed E-state index contributed by atoms with van der Waals surface area (Å²) in [4.78, 5) is 12.1. The van der Waals surface area contributed by atoms with E-state index < -0.39 is 0 Å². The number of halogens is 2. The Morgan fingerprint density at radius 1 is 1.41 bits per heavy atom. The minimum absolute atomic E-state index is 0.0243. The molecule has 0 aliphatic carbocycles. The molecule has 0 saturated carbocycles. The van der Waals surface area contributed by atoms with Crippen LogP contribution in [0.4, 0.5) is 0 Å². The van der Waals surface area contributed by atoms with Crippen LogP contribution >= 0.6 is 34.2 Å². The largest absolute Gasteiger partial charge is 0.349 e. The Labute approximate surface area is 119 Å². The summed E-state index contributed by atoms with van der Waals surface area (Å²) >= 11 is 8.06. The fourth-order valence-electron chi connectivity index (χ4n) is 1.90. The zero-order valence-electron chi connectivity index (χ0n) is 9.30. The molecule has 5 heteroatoms. The maximum Gasteiger partial charge on any atom is 0.252 e. The average molecular weight is 365 g/mol. The summed E-state index contributed by atoms with van der Waals surface area (Å²) in [5.41, 5.74) is 0.664. The summed E-state index contributed by atoms with van der Waals surface area (Å²) in [5.74, 6) is -0.0243. The fourth-order valence-corrected chi connectivity index (χ4v) is 2.65. The Kier molecular flexibility index (Phi) is 4.64. The molecule has 92 valence electrons. The number of amides is 1. The van der Waals surface area contributed by atoms with E-state index in [1.807, 2.05) is 6.07 Å². The molecule has 1 fully saturated rings. The number of hydrogen-bond donors (Lipinski definition) is 2. The third-order valence-corrected chi connectivity index (χ3v) is 4.02. The molecule has 1 aromatic carbocycles. The summed E-state index contributed by atoms with van der Waals surface area (Å²) in [5, 5.41) is 6.93. The molecule has 0 unspecified atom stereocenters. The topological polar surface area (TPSA) is 41.1 Å². The number of piperidine rings is 1. The second kappa shape index (κ2) is 6.02. The number of hydrogen-bond acceptors (Lipinski definition) is 2. The van der Waals surface area contributed by atoms with Crippen molar-refractivity contribution in [1.82, 2.24) is 10.6 Å². The molecule has 3 nitrogen and oxygen atoms in total. The molecule has 2 N–H and O–H groups in total. The minimum Gasteiger partial charge on any atom is -0.349 e. The first kappa shape index (κ1) is 13.1. The monoisotopic (exact) mass is 364 g/mol. The van der Waals surface area contributed by atoms with Crippen molar-refractivity contribution in [3.05, 3.63) is 32.4 Å². The number of carbonyl (C=O) groups excluding carboxylic acids is 1. The van der Waals surface area contributed by atoms with Gasteiger partial charge in [-0.05, 0) is 66.7 Å². The van der Waals surface area contributed by atoms with Gasteiger partial charge < -0.3 is 10.6 Å². The Bertz CT molecular complexity index is 419. The van der Waals surface area contributed by atoms with E-state index in [2.05, 4.69) is 33.2 Å². The second-order valence-corrected chi connectivity index (χ2v) is 5.72. The van der Waals surface area contributed by atoms with Gasteiger partial charge in [0.25, 0.3) is 5.91 Å². The quantitative estimate of drug-likeness (QED) is 0.792. The van der Waals surface area contributed by atoms with Gasteiger partial charge in [-0.25, -0.2) is 0 Å². The molecule has 1 heterocycles. The Morgan fingerprint density at radius 2 is 2.12 bits per heavy atom. The lowest BCUT2D eigenvalue weighted by molar-refractivity contribution is 0.0928. The summed E-state index contributed by atoms with van der Waals surface area (Å²) in [6.45, 7) is 1.94. The van der Waals surface area contributed by atoms with Gasteiger partial charge in [-0.1, -0.05) is 11.6 Å². The van der Waals surface area contributed by atoms with Gasteiger partial charge in [-0.3, -0.25) is 4.79 Å². The van der Waals surface area contributed by atoms with Gasteiger partial charge in [-0.15, -0.1) is 0 Å². The number of carbonyl (C=O) groups is 1. The van der Waals surface area contributed by atoms with Crippen LogP contribution in [0.1, 0.15) is 23.2 Å². The zero-order valence-corrected chi connectivity index (χ0v) is 12.2. The van der Waals surface area contributed by atoms with Crippen LogP contribution in [0.2, 0.25) is 5.02 Å². The van der Waals surface area contributed by atoms with Crippen molar-refractivity contribution < 1.29 is 4.79 Å². The molecule has 2 rings (SSSR count). The lowest BCUT2D eigenvalue weighted by atomic mass is 10.1. The molecule has 0 atom stereocenters. The number of benzene rings is 1.